The molecule has 0 spiro atoms. The van der Waals surface area contributed by atoms with E-state index in [0.29, 0.717) is 42.8 Å². The Morgan fingerprint density at radius 1 is 0.796 bits per heavy atom. The lowest BCUT2D eigenvalue weighted by molar-refractivity contribution is -0.143. The second-order valence-electron chi connectivity index (χ2n) is 25.6. The standard InChI is InChI=1S/C68H107N11O13S/c1-14-31-79(64(84)59(44(8)16-3)75-62(82)54-21-17-18-32-76(54)11)55(42(4)5)39-56(90-35-15-2)57-37-45(9)52(41-93-57)60(80)73-50(36-46(10)65(85)86)38-47-24-28-51(29-25-47)92-68(89)78(13)34-33-77(12)67(88)91-40-48-22-26-49(27-23-48)72-61(81)53(20-19-30-71-66(70)87)74-63(83)58(69)43(6)7/h22-29,37,41-46,50,53-56,58-59H,14-21,30-36,38-40,69H2,1-13H3,(H,72,81)(H,73,80)(H,74,83)(H,75,82)(H,85,86)(H3,70,71,87). The molecule has 1 saturated heterocycles. The zero-order chi connectivity index (χ0) is 69.1. The lowest BCUT2D eigenvalue weighted by Gasteiger charge is -2.41. The summed E-state index contributed by atoms with van der Waals surface area (Å²) in [6.45, 7) is 21.7. The molecule has 2 heterocycles. The maximum Gasteiger partial charge on any atom is 0.415 e. The number of allylic oxidation sites excluding steroid dienone is 1. The van der Waals surface area contributed by atoms with E-state index in [9.17, 15) is 48.3 Å². The third-order valence-electron chi connectivity index (χ3n) is 17.2. The highest BCUT2D eigenvalue weighted by molar-refractivity contribution is 8.06. The number of urea groups is 1. The molecule has 2 aliphatic heterocycles. The van der Waals surface area contributed by atoms with Crippen molar-refractivity contribution in [2.45, 2.75) is 189 Å². The number of benzene rings is 2. The smallest absolute Gasteiger partial charge is 0.415 e. The fourth-order valence-electron chi connectivity index (χ4n) is 10.9. The van der Waals surface area contributed by atoms with Crippen LogP contribution in [0.2, 0.25) is 0 Å². The van der Waals surface area contributed by atoms with Crippen LogP contribution in [0, 0.1) is 29.6 Å². The number of aliphatic carboxylic acids is 1. The predicted octanol–water partition coefficient (Wildman–Crippen LogP) is 7.99. The summed E-state index contributed by atoms with van der Waals surface area (Å²) in [5.74, 6) is -3.54. The minimum absolute atomic E-state index is 0.0520. The minimum Gasteiger partial charge on any atom is -0.481 e. The van der Waals surface area contributed by atoms with E-state index in [1.807, 2.05) is 45.1 Å². The molecule has 0 radical (unpaired) electrons. The summed E-state index contributed by atoms with van der Waals surface area (Å²) < 4.78 is 17.8. The Morgan fingerprint density at radius 3 is 2.03 bits per heavy atom. The van der Waals surface area contributed by atoms with Crippen LogP contribution in [0.15, 0.2) is 70.5 Å². The molecule has 10 unspecified atom stereocenters. The summed E-state index contributed by atoms with van der Waals surface area (Å²) in [6.07, 6.45) is 6.85. The molecule has 2 aliphatic rings. The molecule has 0 aromatic heterocycles. The number of thioether (sulfide) groups is 1. The van der Waals surface area contributed by atoms with Crippen LogP contribution in [0.5, 0.6) is 5.75 Å². The molecule has 2 aromatic rings. The first-order chi connectivity index (χ1) is 44.1. The van der Waals surface area contributed by atoms with Gasteiger partial charge in [0.25, 0.3) is 0 Å². The molecular weight excluding hydrogens is 1210 g/mol. The van der Waals surface area contributed by atoms with E-state index in [0.717, 1.165) is 55.5 Å². The van der Waals surface area contributed by atoms with Gasteiger partial charge in [-0.1, -0.05) is 124 Å². The molecule has 0 bridgehead atoms. The third kappa shape index (κ3) is 25.6. The minimum atomic E-state index is -0.997. The van der Waals surface area contributed by atoms with Crippen molar-refractivity contribution in [2.75, 3.05) is 65.8 Å². The lowest BCUT2D eigenvalue weighted by Crippen LogP contribution is -2.59. The molecule has 25 heteroatoms. The molecule has 1 fully saturated rings. The quantitative estimate of drug-likeness (QED) is 0.0297. The van der Waals surface area contributed by atoms with Gasteiger partial charge in [-0.05, 0) is 130 Å². The summed E-state index contributed by atoms with van der Waals surface area (Å²) in [6, 6.07) is 9.09. The van der Waals surface area contributed by atoms with E-state index < -0.39 is 66.1 Å². The average molecular weight is 1320 g/mol. The van der Waals surface area contributed by atoms with Crippen molar-refractivity contribution in [3.63, 3.8) is 0 Å². The number of hydrogen-bond donors (Lipinski definition) is 8. The molecule has 0 aliphatic carbocycles. The molecule has 2 aromatic carbocycles. The number of amides is 9. The van der Waals surface area contributed by atoms with Crippen molar-refractivity contribution in [3.05, 3.63) is 81.6 Å². The molecule has 4 rings (SSSR count). The van der Waals surface area contributed by atoms with Crippen LogP contribution < -0.4 is 42.8 Å². The lowest BCUT2D eigenvalue weighted by atomic mass is 9.91. The van der Waals surface area contributed by atoms with E-state index in [1.54, 1.807) is 69.3 Å². The van der Waals surface area contributed by atoms with E-state index in [2.05, 4.69) is 58.3 Å². The predicted molar refractivity (Wildman–Crippen MR) is 361 cm³/mol. The maximum absolute atomic E-state index is 14.9. The number of carbonyl (C=O) groups is 9. The summed E-state index contributed by atoms with van der Waals surface area (Å²) in [7, 11) is 5.03. The van der Waals surface area contributed by atoms with Gasteiger partial charge >= 0.3 is 24.2 Å². The number of nitrogens with two attached hydrogens (primary N) is 2. The molecule has 10 atom stereocenters. The molecule has 93 heavy (non-hydrogen) atoms. The van der Waals surface area contributed by atoms with Gasteiger partial charge in [-0.2, -0.15) is 0 Å². The van der Waals surface area contributed by atoms with E-state index in [4.69, 9.17) is 25.7 Å². The Morgan fingerprint density at radius 2 is 1.45 bits per heavy atom. The Kier molecular flexibility index (Phi) is 33.2. The highest BCUT2D eigenvalue weighted by Gasteiger charge is 2.39. The normalized spacial score (nSPS) is 17.5. The van der Waals surface area contributed by atoms with Gasteiger partial charge < -0.3 is 72.1 Å². The highest BCUT2D eigenvalue weighted by Crippen LogP contribution is 2.37. The van der Waals surface area contributed by atoms with Crippen LogP contribution in [-0.4, -0.2) is 181 Å². The van der Waals surface area contributed by atoms with Gasteiger partial charge in [0.05, 0.1) is 24.1 Å². The monoisotopic (exact) mass is 1320 g/mol. The second kappa shape index (κ2) is 39.5. The number of nitrogens with zero attached hydrogens (tertiary/aromatic N) is 4. The highest BCUT2D eigenvalue weighted by atomic mass is 32.2. The molecule has 0 saturated carbocycles. The number of piperidine rings is 1. The van der Waals surface area contributed by atoms with Gasteiger partial charge in [0.1, 0.15) is 24.4 Å². The topological polar surface area (TPSA) is 327 Å². The molecule has 518 valence electrons. The molecule has 9 amide bonds. The van der Waals surface area contributed by atoms with Crippen LogP contribution >= 0.6 is 11.8 Å². The zero-order valence-corrected chi connectivity index (χ0v) is 57.9. The van der Waals surface area contributed by atoms with Gasteiger partial charge in [-0.25, -0.2) is 14.4 Å². The van der Waals surface area contributed by atoms with Crippen molar-refractivity contribution < 1.29 is 62.5 Å². The molecular formula is C68H107N11O13S. The Balaban J connectivity index is 1.34. The summed E-state index contributed by atoms with van der Waals surface area (Å²) in [4.78, 5) is 126. The number of carbonyl (C=O) groups excluding carboxylic acids is 8. The number of carboxylic acids is 1. The SMILES string of the molecule is CCCOC(CC(C(C)C)N(CCC)C(=O)C(NC(=O)C1CCCCN1C)C(C)CC)C1=CC(C)C(C(=O)NC(Cc2ccc(OC(=O)N(C)CCN(C)C(=O)OCc3ccc(NC(=O)C(CCCNC(N)=O)NC(=O)C(N)C(C)C)cc3)cc2)CC(C)C(=O)O)=CS1. The average Bonchev–Trinajstić information content (AvgIpc) is 1.00. The van der Waals surface area contributed by atoms with Gasteiger partial charge in [-0.3, -0.25) is 33.7 Å². The number of likely N-dealkylation sites (N-methyl/N-ethyl adjacent to an activating group) is 3. The van der Waals surface area contributed by atoms with Crippen molar-refractivity contribution in [1.82, 2.24) is 40.9 Å². The fourth-order valence-corrected chi connectivity index (χ4v) is 12.1. The Bertz CT molecular complexity index is 2840. The number of likely N-dealkylation sites (tertiary alicyclic amines) is 1. The third-order valence-corrected chi connectivity index (χ3v) is 18.2. The summed E-state index contributed by atoms with van der Waals surface area (Å²) in [5.41, 5.74) is 13.5. The largest absolute Gasteiger partial charge is 0.481 e. The zero-order valence-electron chi connectivity index (χ0n) is 57.1. The van der Waals surface area contributed by atoms with Gasteiger partial charge in [0.15, 0.2) is 0 Å². The van der Waals surface area contributed by atoms with Gasteiger partial charge in [0.2, 0.25) is 29.5 Å². The second-order valence-corrected chi connectivity index (χ2v) is 26.5. The van der Waals surface area contributed by atoms with Crippen LogP contribution in [0.1, 0.15) is 145 Å². The number of anilines is 1. The van der Waals surface area contributed by atoms with Crippen LogP contribution in [0.3, 0.4) is 0 Å². The van der Waals surface area contributed by atoms with Crippen molar-refractivity contribution in [2.24, 2.45) is 41.1 Å². The Hall–Kier alpha value is -7.22. The van der Waals surface area contributed by atoms with Gasteiger partial charge in [0, 0.05) is 81.0 Å². The maximum atomic E-state index is 14.9. The summed E-state index contributed by atoms with van der Waals surface area (Å²) in [5, 5.41) is 26.1. The number of hydrogen-bond acceptors (Lipinski definition) is 15. The van der Waals surface area contributed by atoms with Crippen molar-refractivity contribution in [1.29, 1.82) is 0 Å². The number of nitrogens with one attached hydrogen (secondary N) is 5. The van der Waals surface area contributed by atoms with Crippen molar-refractivity contribution >= 4 is 71.2 Å². The van der Waals surface area contributed by atoms with E-state index in [1.165, 1.54) is 35.7 Å². The molecule has 24 nitrogen and oxygen atoms in total. The summed E-state index contributed by atoms with van der Waals surface area (Å²) >= 11 is 1.42. The number of carboxylic acid groups (broad SMARTS) is 1. The van der Waals surface area contributed by atoms with Crippen LogP contribution in [0.4, 0.5) is 20.1 Å². The first kappa shape index (κ1) is 78.2. The Labute approximate surface area is 555 Å². The van der Waals surface area contributed by atoms with Gasteiger partial charge in [-0.15, -0.1) is 0 Å². The van der Waals surface area contributed by atoms with Crippen molar-refractivity contribution in [3.8, 4) is 5.75 Å². The molecule has 10 N–H and O–H groups in total. The first-order valence-electron chi connectivity index (χ1n) is 33.0. The van der Waals surface area contributed by atoms with Crippen LogP contribution in [0.25, 0.3) is 0 Å². The number of ether oxygens (including phenoxy) is 3. The number of primary amides is 1. The first-order valence-corrected chi connectivity index (χ1v) is 33.9. The fraction of sp³-hybridized carbons (Fsp3) is 0.632. The van der Waals surface area contributed by atoms with E-state index >= 15 is 0 Å². The van der Waals surface area contributed by atoms with E-state index in [-0.39, 0.29) is 111 Å². The number of rotatable bonds is 37. The van der Waals surface area contributed by atoms with Crippen LogP contribution in [-0.2, 0) is 51.3 Å².